The van der Waals surface area contributed by atoms with Crippen molar-refractivity contribution in [1.82, 2.24) is 19.9 Å². The summed E-state index contributed by atoms with van der Waals surface area (Å²) in [6.07, 6.45) is 15.4. The molecule has 0 saturated heterocycles. The molecule has 0 spiro atoms. The summed E-state index contributed by atoms with van der Waals surface area (Å²) in [5.41, 5.74) is 8.80. The molecule has 216 valence electrons. The molecule has 3 rings (SSSR count). The number of para-hydroxylation sites is 1. The molecule has 1 amide bonds. The molecule has 0 bridgehead atoms. The Morgan fingerprint density at radius 2 is 1.62 bits per heavy atom. The van der Waals surface area contributed by atoms with E-state index in [1.165, 1.54) is 57.8 Å². The number of pyridine rings is 1. The summed E-state index contributed by atoms with van der Waals surface area (Å²) in [4.78, 5) is 21.5. The molecule has 0 unspecified atom stereocenters. The number of aromatic nitrogens is 3. The predicted octanol–water partition coefficient (Wildman–Crippen LogP) is 6.19. The number of rotatable bonds is 21. The number of ether oxygens (including phenoxy) is 2. The first-order valence-electron chi connectivity index (χ1n) is 15.0. The van der Waals surface area contributed by atoms with Crippen LogP contribution in [0.4, 0.5) is 5.82 Å². The zero-order chi connectivity index (χ0) is 27.7. The molecule has 0 radical (unpaired) electrons. The van der Waals surface area contributed by atoms with Crippen molar-refractivity contribution in [3.8, 4) is 0 Å². The number of carbonyl (C=O) groups is 1. The van der Waals surface area contributed by atoms with Gasteiger partial charge in [0.15, 0.2) is 5.82 Å². The van der Waals surface area contributed by atoms with Crippen LogP contribution in [-0.2, 0) is 27.2 Å². The summed E-state index contributed by atoms with van der Waals surface area (Å²) in [7, 11) is 1.69. The van der Waals surface area contributed by atoms with Crippen LogP contribution in [0, 0.1) is 0 Å². The first-order chi connectivity index (χ1) is 19.2. The highest BCUT2D eigenvalue weighted by molar-refractivity contribution is 6.06. The molecule has 39 heavy (non-hydrogen) atoms. The van der Waals surface area contributed by atoms with Gasteiger partial charge in [0, 0.05) is 38.4 Å². The minimum absolute atomic E-state index is 0.117. The van der Waals surface area contributed by atoms with Gasteiger partial charge in [-0.25, -0.2) is 9.97 Å². The number of hydrogen-bond donors (Lipinski definition) is 2. The summed E-state index contributed by atoms with van der Waals surface area (Å²) < 4.78 is 13.3. The summed E-state index contributed by atoms with van der Waals surface area (Å²) >= 11 is 0. The number of amides is 1. The van der Waals surface area contributed by atoms with Crippen LogP contribution in [0.1, 0.15) is 89.8 Å². The van der Waals surface area contributed by atoms with Crippen molar-refractivity contribution in [2.24, 2.45) is 0 Å². The summed E-state index contributed by atoms with van der Waals surface area (Å²) in [5.74, 6) is 1.45. The molecule has 0 aliphatic heterocycles. The van der Waals surface area contributed by atoms with E-state index >= 15 is 0 Å². The highest BCUT2D eigenvalue weighted by Crippen LogP contribution is 2.29. The molecule has 8 heteroatoms. The lowest BCUT2D eigenvalue weighted by molar-refractivity contribution is -0.121. The molecule has 0 fully saturated rings. The number of imidazole rings is 1. The van der Waals surface area contributed by atoms with Crippen LogP contribution in [0.5, 0.6) is 0 Å². The highest BCUT2D eigenvalue weighted by atomic mass is 16.5. The SMILES string of the molecule is CCCCCCCCCCCCCC(=O)NCCOCCn1c(CCOC)nc2c(N)nc3ccccc3c21. The molecule has 2 heterocycles. The van der Waals surface area contributed by atoms with Gasteiger partial charge in [0.2, 0.25) is 5.91 Å². The zero-order valence-corrected chi connectivity index (χ0v) is 24.2. The molecule has 2 aromatic heterocycles. The third-order valence-electron chi connectivity index (χ3n) is 7.25. The van der Waals surface area contributed by atoms with Crippen LogP contribution < -0.4 is 11.1 Å². The fourth-order valence-corrected chi connectivity index (χ4v) is 5.09. The Kier molecular flexibility index (Phi) is 14.1. The Hall–Kier alpha value is -2.71. The van der Waals surface area contributed by atoms with Gasteiger partial charge in [0.1, 0.15) is 11.3 Å². The first kappa shape index (κ1) is 30.8. The molecule has 0 saturated carbocycles. The normalized spacial score (nSPS) is 11.5. The fourth-order valence-electron chi connectivity index (χ4n) is 5.09. The molecule has 0 aliphatic carbocycles. The molecule has 3 N–H and O–H groups in total. The monoisotopic (exact) mass is 539 g/mol. The van der Waals surface area contributed by atoms with Gasteiger partial charge >= 0.3 is 0 Å². The molecule has 3 aromatic rings. The van der Waals surface area contributed by atoms with E-state index in [-0.39, 0.29) is 5.91 Å². The number of nitrogens with zero attached hydrogens (tertiary/aromatic N) is 3. The van der Waals surface area contributed by atoms with E-state index in [2.05, 4.69) is 21.8 Å². The highest BCUT2D eigenvalue weighted by Gasteiger charge is 2.17. The van der Waals surface area contributed by atoms with Crippen molar-refractivity contribution in [2.75, 3.05) is 39.2 Å². The fraction of sp³-hybridized carbons (Fsp3) is 0.645. The van der Waals surface area contributed by atoms with Crippen molar-refractivity contribution < 1.29 is 14.3 Å². The molecule has 1 aromatic carbocycles. The Bertz CT molecular complexity index is 1130. The second-order valence-corrected chi connectivity index (χ2v) is 10.4. The van der Waals surface area contributed by atoms with Gasteiger partial charge in [-0.1, -0.05) is 89.3 Å². The van der Waals surface area contributed by atoms with Crippen LogP contribution in [0.2, 0.25) is 0 Å². The number of carbonyl (C=O) groups excluding carboxylic acids is 1. The Morgan fingerprint density at radius 3 is 2.33 bits per heavy atom. The predicted molar refractivity (Wildman–Crippen MR) is 160 cm³/mol. The summed E-state index contributed by atoms with van der Waals surface area (Å²) in [5, 5.41) is 4.01. The number of anilines is 1. The van der Waals surface area contributed by atoms with Crippen LogP contribution in [0.25, 0.3) is 21.9 Å². The van der Waals surface area contributed by atoms with Crippen LogP contribution in [-0.4, -0.2) is 53.9 Å². The Labute approximate surface area is 234 Å². The van der Waals surface area contributed by atoms with Crippen molar-refractivity contribution >= 4 is 33.7 Å². The first-order valence-corrected chi connectivity index (χ1v) is 15.0. The second kappa shape index (κ2) is 17.8. The lowest BCUT2D eigenvalue weighted by Gasteiger charge is -2.12. The maximum atomic E-state index is 12.2. The third-order valence-corrected chi connectivity index (χ3v) is 7.25. The lowest BCUT2D eigenvalue weighted by Crippen LogP contribution is -2.27. The second-order valence-electron chi connectivity index (χ2n) is 10.4. The van der Waals surface area contributed by atoms with E-state index in [4.69, 9.17) is 20.2 Å². The number of nitrogen functional groups attached to an aromatic ring is 1. The van der Waals surface area contributed by atoms with E-state index in [1.807, 2.05) is 24.3 Å². The molecule has 0 atom stereocenters. The number of fused-ring (bicyclic) bond motifs is 3. The number of nitrogens with two attached hydrogens (primary N) is 1. The van der Waals surface area contributed by atoms with Crippen molar-refractivity contribution in [1.29, 1.82) is 0 Å². The van der Waals surface area contributed by atoms with E-state index < -0.39 is 0 Å². The molecule has 8 nitrogen and oxygen atoms in total. The topological polar surface area (TPSA) is 104 Å². The minimum atomic E-state index is 0.117. The summed E-state index contributed by atoms with van der Waals surface area (Å²) in [6.45, 7) is 4.98. The lowest BCUT2D eigenvalue weighted by atomic mass is 10.1. The van der Waals surface area contributed by atoms with Gasteiger partial charge in [-0.3, -0.25) is 4.79 Å². The van der Waals surface area contributed by atoms with Gasteiger partial charge in [0.05, 0.1) is 30.9 Å². The van der Waals surface area contributed by atoms with Crippen LogP contribution in [0.15, 0.2) is 24.3 Å². The van der Waals surface area contributed by atoms with Crippen LogP contribution >= 0.6 is 0 Å². The van der Waals surface area contributed by atoms with E-state index in [0.29, 0.717) is 51.6 Å². The maximum absolute atomic E-state index is 12.2. The minimum Gasteiger partial charge on any atom is -0.384 e. The standard InChI is InChI=1S/C31H49N5O3/c1-3-4-5-6-7-8-9-10-11-12-13-18-28(37)33-20-23-39-24-21-36-27(19-22-38-2)35-29-30(36)25-16-14-15-17-26(25)34-31(29)32/h14-17H,3-13,18-24H2,1-2H3,(H2,32,34)(H,33,37). The largest absolute Gasteiger partial charge is 0.384 e. The van der Waals surface area contributed by atoms with Crippen LogP contribution in [0.3, 0.4) is 0 Å². The zero-order valence-electron chi connectivity index (χ0n) is 24.2. The number of nitrogens with one attached hydrogen (secondary N) is 1. The average molecular weight is 540 g/mol. The van der Waals surface area contributed by atoms with Gasteiger partial charge in [-0.15, -0.1) is 0 Å². The Balaban J connectivity index is 1.33. The van der Waals surface area contributed by atoms with Gasteiger partial charge in [0.25, 0.3) is 0 Å². The van der Waals surface area contributed by atoms with Gasteiger partial charge in [-0.2, -0.15) is 0 Å². The smallest absolute Gasteiger partial charge is 0.220 e. The molecule has 0 aliphatic rings. The Morgan fingerprint density at radius 1 is 0.923 bits per heavy atom. The summed E-state index contributed by atoms with van der Waals surface area (Å²) in [6, 6.07) is 7.98. The van der Waals surface area contributed by atoms with E-state index in [1.54, 1.807) is 7.11 Å². The quantitative estimate of drug-likeness (QED) is 0.156. The van der Waals surface area contributed by atoms with Crippen molar-refractivity contribution in [2.45, 2.75) is 96.9 Å². The molecular formula is C31H49N5O3. The number of unbranched alkanes of at least 4 members (excludes halogenated alkanes) is 10. The number of benzene rings is 1. The number of hydrogen-bond acceptors (Lipinski definition) is 6. The third kappa shape index (κ3) is 10.1. The van der Waals surface area contributed by atoms with E-state index in [9.17, 15) is 4.79 Å². The number of methoxy groups -OCH3 is 1. The van der Waals surface area contributed by atoms with E-state index in [0.717, 1.165) is 40.6 Å². The van der Waals surface area contributed by atoms with Crippen molar-refractivity contribution in [3.63, 3.8) is 0 Å². The van der Waals surface area contributed by atoms with Gasteiger partial charge in [-0.05, 0) is 12.5 Å². The van der Waals surface area contributed by atoms with Gasteiger partial charge < -0.3 is 25.1 Å². The molecular weight excluding hydrogens is 490 g/mol. The maximum Gasteiger partial charge on any atom is 0.220 e. The average Bonchev–Trinajstić information content (AvgIpc) is 3.31. The van der Waals surface area contributed by atoms with Crippen molar-refractivity contribution in [3.05, 3.63) is 30.1 Å².